The van der Waals surface area contributed by atoms with Crippen molar-refractivity contribution in [2.45, 2.75) is 10.8 Å². The fourth-order valence-electron chi connectivity index (χ4n) is 2.07. The Morgan fingerprint density at radius 2 is 1.85 bits per heavy atom. The third kappa shape index (κ3) is 4.73. The third-order valence-electron chi connectivity index (χ3n) is 3.36. The summed E-state index contributed by atoms with van der Waals surface area (Å²) in [5, 5.41) is 0. The first-order chi connectivity index (χ1) is 12.5. The molecule has 0 spiro atoms. The molecule has 0 amide bonds. The number of halogens is 1. The van der Waals surface area contributed by atoms with E-state index < -0.39 is 10.0 Å². The van der Waals surface area contributed by atoms with Gasteiger partial charge in [-0.1, -0.05) is 11.6 Å². The first-order valence-corrected chi connectivity index (χ1v) is 10.2. The van der Waals surface area contributed by atoms with Gasteiger partial charge in [-0.3, -0.25) is 0 Å². The van der Waals surface area contributed by atoms with Crippen LogP contribution in [0.5, 0.6) is 17.4 Å². The molecule has 0 saturated carbocycles. The van der Waals surface area contributed by atoms with Crippen LogP contribution in [0.3, 0.4) is 0 Å². The van der Waals surface area contributed by atoms with Gasteiger partial charge >= 0.3 is 0 Å². The highest BCUT2D eigenvalue weighted by Crippen LogP contribution is 2.26. The number of hydrogen-bond acceptors (Lipinski definition) is 6. The monoisotopic (exact) mass is 410 g/mol. The highest BCUT2D eigenvalue weighted by Gasteiger charge is 2.16. The van der Waals surface area contributed by atoms with Gasteiger partial charge in [0.05, 0.1) is 11.4 Å². The minimum Gasteiger partial charge on any atom is -0.497 e. The molecule has 3 aromatic rings. The van der Waals surface area contributed by atoms with Gasteiger partial charge in [-0.05, 0) is 48.0 Å². The number of hydrogen-bond donors (Lipinski definition) is 1. The number of nitrogens with one attached hydrogen (secondary N) is 1. The number of methoxy groups -OCH3 is 1. The molecule has 3 rings (SSSR count). The summed E-state index contributed by atoms with van der Waals surface area (Å²) in [4.78, 5) is 4.14. The molecule has 0 fully saturated rings. The minimum absolute atomic E-state index is 0.110. The summed E-state index contributed by atoms with van der Waals surface area (Å²) in [6, 6.07) is 13.5. The maximum atomic E-state index is 12.2. The normalized spacial score (nSPS) is 11.3. The number of ether oxygens (including phenoxy) is 2. The van der Waals surface area contributed by atoms with E-state index in [-0.39, 0.29) is 10.8 Å². The summed E-state index contributed by atoms with van der Waals surface area (Å²) in [5.74, 6) is 1.69. The predicted molar refractivity (Wildman–Crippen MR) is 101 cm³/mol. The number of pyridine rings is 1. The first-order valence-electron chi connectivity index (χ1n) is 7.48. The fraction of sp³-hybridized carbons (Fsp3) is 0.118. The van der Waals surface area contributed by atoms with Crippen LogP contribution in [-0.2, 0) is 16.6 Å². The van der Waals surface area contributed by atoms with E-state index in [0.29, 0.717) is 16.0 Å². The molecule has 136 valence electrons. The summed E-state index contributed by atoms with van der Waals surface area (Å²) in [6.45, 7) is 0.110. The third-order valence-corrected chi connectivity index (χ3v) is 6.49. The summed E-state index contributed by atoms with van der Waals surface area (Å²) in [5.41, 5.74) is 0.717. The van der Waals surface area contributed by atoms with E-state index in [2.05, 4.69) is 9.71 Å². The van der Waals surface area contributed by atoms with Gasteiger partial charge in [0.2, 0.25) is 15.9 Å². The van der Waals surface area contributed by atoms with E-state index in [1.807, 2.05) is 0 Å². The van der Waals surface area contributed by atoms with Crippen molar-refractivity contribution in [3.05, 3.63) is 64.6 Å². The number of nitrogens with zero attached hydrogens (tertiary/aromatic N) is 1. The quantitative estimate of drug-likeness (QED) is 0.635. The van der Waals surface area contributed by atoms with Crippen molar-refractivity contribution in [3.8, 4) is 17.4 Å². The van der Waals surface area contributed by atoms with E-state index in [0.717, 1.165) is 22.6 Å². The minimum atomic E-state index is -3.61. The van der Waals surface area contributed by atoms with Crippen LogP contribution in [0.25, 0.3) is 0 Å². The lowest BCUT2D eigenvalue weighted by Gasteiger charge is -2.08. The van der Waals surface area contributed by atoms with E-state index in [4.69, 9.17) is 21.1 Å². The molecule has 1 aromatic carbocycles. The zero-order chi connectivity index (χ0) is 18.6. The van der Waals surface area contributed by atoms with E-state index in [9.17, 15) is 8.42 Å². The van der Waals surface area contributed by atoms with Gasteiger partial charge in [0, 0.05) is 18.8 Å². The molecule has 9 heteroatoms. The molecule has 1 N–H and O–H groups in total. The van der Waals surface area contributed by atoms with Crippen LogP contribution >= 0.6 is 22.9 Å². The molecular weight excluding hydrogens is 396 g/mol. The van der Waals surface area contributed by atoms with Gasteiger partial charge in [-0.25, -0.2) is 18.1 Å². The van der Waals surface area contributed by atoms with E-state index in [1.165, 1.54) is 6.07 Å². The van der Waals surface area contributed by atoms with Crippen LogP contribution in [0.15, 0.2) is 58.9 Å². The van der Waals surface area contributed by atoms with Crippen molar-refractivity contribution < 1.29 is 17.9 Å². The number of aromatic nitrogens is 1. The van der Waals surface area contributed by atoms with Gasteiger partial charge in [0.1, 0.15) is 15.7 Å². The molecular formula is C17H15ClN2O4S2. The Kier molecular flexibility index (Phi) is 5.77. The Labute approximate surface area is 160 Å². The predicted octanol–water partition coefficient (Wildman–Crippen LogP) is 4.08. The zero-order valence-corrected chi connectivity index (χ0v) is 16.1. The average molecular weight is 411 g/mol. The molecule has 0 aliphatic heterocycles. The molecule has 6 nitrogen and oxygen atoms in total. The Bertz CT molecular complexity index is 988. The maximum Gasteiger partial charge on any atom is 0.250 e. The lowest BCUT2D eigenvalue weighted by Crippen LogP contribution is -2.22. The van der Waals surface area contributed by atoms with Crippen LogP contribution in [0.1, 0.15) is 5.56 Å². The SMILES string of the molecule is COc1ccc(Oc2cc(CNS(=O)(=O)c3ccc(Cl)s3)ccn2)cc1. The highest BCUT2D eigenvalue weighted by atomic mass is 35.5. The summed E-state index contributed by atoms with van der Waals surface area (Å²) in [6.07, 6.45) is 1.56. The van der Waals surface area contributed by atoms with Crippen molar-refractivity contribution in [3.63, 3.8) is 0 Å². The number of sulfonamides is 1. The standard InChI is InChI=1S/C17H15ClN2O4S2/c1-23-13-2-4-14(5-3-13)24-16-10-12(8-9-19-16)11-20-26(21,22)17-7-6-15(18)25-17/h2-10,20H,11H2,1H3. The smallest absolute Gasteiger partial charge is 0.250 e. The van der Waals surface area contributed by atoms with Crippen molar-refractivity contribution in [1.82, 2.24) is 9.71 Å². The van der Waals surface area contributed by atoms with Crippen LogP contribution in [0, 0.1) is 0 Å². The molecule has 0 radical (unpaired) electrons. The van der Waals surface area contributed by atoms with Crippen molar-refractivity contribution in [2.24, 2.45) is 0 Å². The fourth-order valence-corrected chi connectivity index (χ4v) is 4.62. The lowest BCUT2D eigenvalue weighted by molar-refractivity contribution is 0.412. The van der Waals surface area contributed by atoms with E-state index in [1.54, 1.807) is 55.8 Å². The summed E-state index contributed by atoms with van der Waals surface area (Å²) < 4.78 is 38.4. The maximum absolute atomic E-state index is 12.2. The van der Waals surface area contributed by atoms with Gasteiger partial charge in [-0.2, -0.15) is 0 Å². The summed E-state index contributed by atoms with van der Waals surface area (Å²) >= 11 is 6.80. The van der Waals surface area contributed by atoms with Crippen LogP contribution in [0.4, 0.5) is 0 Å². The Morgan fingerprint density at radius 1 is 1.12 bits per heavy atom. The second-order valence-corrected chi connectivity index (χ2v) is 8.87. The van der Waals surface area contributed by atoms with Crippen LogP contribution in [0.2, 0.25) is 4.34 Å². The van der Waals surface area contributed by atoms with Gasteiger partial charge in [0.15, 0.2) is 0 Å². The van der Waals surface area contributed by atoms with Crippen LogP contribution < -0.4 is 14.2 Å². The van der Waals surface area contributed by atoms with Crippen LogP contribution in [-0.4, -0.2) is 20.5 Å². The zero-order valence-electron chi connectivity index (χ0n) is 13.7. The van der Waals surface area contributed by atoms with E-state index >= 15 is 0 Å². The molecule has 0 bridgehead atoms. The molecule has 0 aliphatic carbocycles. The average Bonchev–Trinajstić information content (AvgIpc) is 3.09. The molecule has 2 aromatic heterocycles. The number of rotatable bonds is 7. The Balaban J connectivity index is 1.67. The largest absolute Gasteiger partial charge is 0.497 e. The highest BCUT2D eigenvalue weighted by molar-refractivity contribution is 7.91. The number of thiophene rings is 1. The lowest BCUT2D eigenvalue weighted by atomic mass is 10.3. The van der Waals surface area contributed by atoms with Gasteiger partial charge in [-0.15, -0.1) is 11.3 Å². The van der Waals surface area contributed by atoms with Gasteiger partial charge in [0.25, 0.3) is 0 Å². The van der Waals surface area contributed by atoms with Crippen molar-refractivity contribution in [1.29, 1.82) is 0 Å². The van der Waals surface area contributed by atoms with Crippen molar-refractivity contribution in [2.75, 3.05) is 7.11 Å². The van der Waals surface area contributed by atoms with Crippen molar-refractivity contribution >= 4 is 33.0 Å². The molecule has 0 saturated heterocycles. The summed E-state index contributed by atoms with van der Waals surface area (Å²) in [7, 11) is -2.02. The topological polar surface area (TPSA) is 77.5 Å². The second-order valence-electron chi connectivity index (χ2n) is 5.16. The van der Waals surface area contributed by atoms with Gasteiger partial charge < -0.3 is 9.47 Å². The molecule has 26 heavy (non-hydrogen) atoms. The molecule has 0 unspecified atom stereocenters. The Morgan fingerprint density at radius 3 is 2.50 bits per heavy atom. The number of benzene rings is 1. The molecule has 2 heterocycles. The molecule has 0 atom stereocenters. The second kappa shape index (κ2) is 8.05. The Hall–Kier alpha value is -2.13. The first kappa shape index (κ1) is 18.7. The molecule has 0 aliphatic rings.